The molecule has 5 nitrogen and oxygen atoms in total. The van der Waals surface area contributed by atoms with Crippen LogP contribution in [0.4, 0.5) is 5.69 Å². The fourth-order valence-corrected chi connectivity index (χ4v) is 2.61. The minimum absolute atomic E-state index is 0.0217. The Morgan fingerprint density at radius 3 is 2.71 bits per heavy atom. The lowest BCUT2D eigenvalue weighted by molar-refractivity contribution is -0.137. The van der Waals surface area contributed by atoms with Crippen molar-refractivity contribution in [2.24, 2.45) is 0 Å². The van der Waals surface area contributed by atoms with Gasteiger partial charge in [-0.25, -0.2) is 0 Å². The number of ketones is 1. The van der Waals surface area contributed by atoms with Gasteiger partial charge in [-0.1, -0.05) is 0 Å². The summed E-state index contributed by atoms with van der Waals surface area (Å²) < 4.78 is 5.91. The van der Waals surface area contributed by atoms with Crippen LogP contribution in [0.25, 0.3) is 0 Å². The predicted molar refractivity (Wildman–Crippen MR) is 80.2 cm³/mol. The number of carbonyl (C=O) groups is 2. The van der Waals surface area contributed by atoms with Crippen LogP contribution < -0.4 is 9.64 Å². The van der Waals surface area contributed by atoms with Gasteiger partial charge in [0.15, 0.2) is 5.78 Å². The third-order valence-electron chi connectivity index (χ3n) is 3.49. The van der Waals surface area contributed by atoms with Crippen molar-refractivity contribution in [3.63, 3.8) is 0 Å². The number of rotatable bonds is 5. The summed E-state index contributed by atoms with van der Waals surface area (Å²) in [6, 6.07) is 5.39. The SMILES string of the molecule is CN1CC(C)(C)Oc2ccc(C(=O)CCCC(=O)O)cc21. The van der Waals surface area contributed by atoms with E-state index in [0.29, 0.717) is 12.0 Å². The normalized spacial score (nSPS) is 16.0. The van der Waals surface area contributed by atoms with Crippen LogP contribution in [0.5, 0.6) is 5.75 Å². The van der Waals surface area contributed by atoms with Crippen LogP contribution in [-0.4, -0.2) is 36.1 Å². The lowest BCUT2D eigenvalue weighted by Gasteiger charge is -2.39. The molecule has 0 saturated heterocycles. The number of ether oxygens (including phenoxy) is 1. The Labute approximate surface area is 124 Å². The Hall–Kier alpha value is -2.04. The van der Waals surface area contributed by atoms with Gasteiger partial charge in [-0.2, -0.15) is 0 Å². The monoisotopic (exact) mass is 291 g/mol. The van der Waals surface area contributed by atoms with E-state index in [1.165, 1.54) is 0 Å². The number of carboxylic acid groups (broad SMARTS) is 1. The fourth-order valence-electron chi connectivity index (χ4n) is 2.61. The van der Waals surface area contributed by atoms with Crippen LogP contribution >= 0.6 is 0 Å². The molecule has 1 N–H and O–H groups in total. The first-order chi connectivity index (χ1) is 9.78. The number of benzene rings is 1. The standard InChI is InChI=1S/C16H21NO4/c1-16(2)10-17(3)12-9-11(7-8-14(12)21-16)13(18)5-4-6-15(19)20/h7-9H,4-6,10H2,1-3H3,(H,19,20). The van der Waals surface area contributed by atoms with Gasteiger partial charge < -0.3 is 14.7 Å². The number of fused-ring (bicyclic) bond motifs is 1. The van der Waals surface area contributed by atoms with Gasteiger partial charge in [0, 0.05) is 25.5 Å². The second-order valence-electron chi connectivity index (χ2n) is 6.07. The predicted octanol–water partition coefficient (Wildman–Crippen LogP) is 2.73. The van der Waals surface area contributed by atoms with Crippen LogP contribution in [0.3, 0.4) is 0 Å². The van der Waals surface area contributed by atoms with Crippen LogP contribution in [0.1, 0.15) is 43.5 Å². The van der Waals surface area contributed by atoms with Crippen molar-refractivity contribution in [2.75, 3.05) is 18.5 Å². The van der Waals surface area contributed by atoms with E-state index < -0.39 is 5.97 Å². The van der Waals surface area contributed by atoms with Gasteiger partial charge in [0.05, 0.1) is 12.2 Å². The van der Waals surface area contributed by atoms with Gasteiger partial charge in [-0.3, -0.25) is 9.59 Å². The summed E-state index contributed by atoms with van der Waals surface area (Å²) in [5.41, 5.74) is 1.25. The van der Waals surface area contributed by atoms with E-state index in [0.717, 1.165) is 18.0 Å². The highest BCUT2D eigenvalue weighted by molar-refractivity contribution is 5.97. The average Bonchev–Trinajstić information content (AvgIpc) is 2.36. The highest BCUT2D eigenvalue weighted by atomic mass is 16.5. The van der Waals surface area contributed by atoms with Crippen molar-refractivity contribution in [3.8, 4) is 5.75 Å². The molecule has 114 valence electrons. The summed E-state index contributed by atoms with van der Waals surface area (Å²) in [4.78, 5) is 24.6. The van der Waals surface area contributed by atoms with Gasteiger partial charge >= 0.3 is 5.97 Å². The largest absolute Gasteiger partial charge is 0.484 e. The van der Waals surface area contributed by atoms with Crippen molar-refractivity contribution in [3.05, 3.63) is 23.8 Å². The lowest BCUT2D eigenvalue weighted by Crippen LogP contribution is -2.45. The lowest BCUT2D eigenvalue weighted by atomic mass is 10.0. The number of carbonyl (C=O) groups excluding carboxylic acids is 1. The zero-order valence-electron chi connectivity index (χ0n) is 12.7. The molecule has 0 aromatic heterocycles. The molecule has 0 radical (unpaired) electrons. The molecule has 0 spiro atoms. The Morgan fingerprint density at radius 2 is 2.05 bits per heavy atom. The van der Waals surface area contributed by atoms with Crippen molar-refractivity contribution in [1.29, 1.82) is 0 Å². The summed E-state index contributed by atoms with van der Waals surface area (Å²) in [6.45, 7) is 4.80. The summed E-state index contributed by atoms with van der Waals surface area (Å²) in [5.74, 6) is -0.128. The minimum atomic E-state index is -0.872. The van der Waals surface area contributed by atoms with Crippen molar-refractivity contribution in [2.45, 2.75) is 38.7 Å². The van der Waals surface area contributed by atoms with Gasteiger partial charge in [0.1, 0.15) is 11.4 Å². The van der Waals surface area contributed by atoms with E-state index in [1.807, 2.05) is 33.0 Å². The van der Waals surface area contributed by atoms with E-state index in [-0.39, 0.29) is 24.2 Å². The summed E-state index contributed by atoms with van der Waals surface area (Å²) in [6.07, 6.45) is 0.639. The second kappa shape index (κ2) is 5.76. The Balaban J connectivity index is 2.12. The minimum Gasteiger partial charge on any atom is -0.484 e. The Kier molecular flexibility index (Phi) is 4.21. The third-order valence-corrected chi connectivity index (χ3v) is 3.49. The summed E-state index contributed by atoms with van der Waals surface area (Å²) in [5, 5.41) is 8.60. The zero-order chi connectivity index (χ0) is 15.6. The fraction of sp³-hybridized carbons (Fsp3) is 0.500. The molecule has 0 saturated carbocycles. The van der Waals surface area contributed by atoms with Crippen LogP contribution in [0.15, 0.2) is 18.2 Å². The molecule has 1 aliphatic heterocycles. The highest BCUT2D eigenvalue weighted by Gasteiger charge is 2.30. The van der Waals surface area contributed by atoms with Crippen LogP contribution in [0, 0.1) is 0 Å². The smallest absolute Gasteiger partial charge is 0.303 e. The molecule has 0 bridgehead atoms. The van der Waals surface area contributed by atoms with E-state index in [1.54, 1.807) is 6.07 Å². The van der Waals surface area contributed by atoms with Crippen LogP contribution in [0.2, 0.25) is 0 Å². The van der Waals surface area contributed by atoms with Gasteiger partial charge in [-0.05, 0) is 38.5 Å². The topological polar surface area (TPSA) is 66.8 Å². The molecule has 2 rings (SSSR count). The molecule has 1 aromatic carbocycles. The van der Waals surface area contributed by atoms with Gasteiger partial charge in [0.25, 0.3) is 0 Å². The maximum Gasteiger partial charge on any atom is 0.303 e. The highest BCUT2D eigenvalue weighted by Crippen LogP contribution is 2.36. The molecule has 1 heterocycles. The van der Waals surface area contributed by atoms with E-state index in [4.69, 9.17) is 9.84 Å². The molecule has 1 aromatic rings. The first kappa shape index (κ1) is 15.4. The number of hydrogen-bond donors (Lipinski definition) is 1. The maximum absolute atomic E-state index is 12.1. The van der Waals surface area contributed by atoms with Crippen molar-refractivity contribution >= 4 is 17.4 Å². The van der Waals surface area contributed by atoms with Crippen molar-refractivity contribution < 1.29 is 19.4 Å². The first-order valence-electron chi connectivity index (χ1n) is 7.08. The molecular weight excluding hydrogens is 270 g/mol. The maximum atomic E-state index is 12.1. The molecule has 0 unspecified atom stereocenters. The van der Waals surface area contributed by atoms with E-state index >= 15 is 0 Å². The van der Waals surface area contributed by atoms with E-state index in [2.05, 4.69) is 4.90 Å². The Morgan fingerprint density at radius 1 is 1.33 bits per heavy atom. The molecular formula is C16H21NO4. The zero-order valence-corrected chi connectivity index (χ0v) is 12.7. The number of likely N-dealkylation sites (N-methyl/N-ethyl adjacent to an activating group) is 1. The molecule has 5 heteroatoms. The van der Waals surface area contributed by atoms with Crippen LogP contribution in [-0.2, 0) is 4.79 Å². The number of Topliss-reactive ketones (excluding diaryl/α,β-unsaturated/α-hetero) is 1. The van der Waals surface area contributed by atoms with Gasteiger partial charge in [-0.15, -0.1) is 0 Å². The van der Waals surface area contributed by atoms with E-state index in [9.17, 15) is 9.59 Å². The molecule has 0 fully saturated rings. The number of nitrogens with zero attached hydrogens (tertiary/aromatic N) is 1. The Bertz CT molecular complexity index is 565. The number of hydrogen-bond acceptors (Lipinski definition) is 4. The number of aliphatic carboxylic acids is 1. The second-order valence-corrected chi connectivity index (χ2v) is 6.07. The first-order valence-corrected chi connectivity index (χ1v) is 7.08. The summed E-state index contributed by atoms with van der Waals surface area (Å²) >= 11 is 0. The molecule has 0 amide bonds. The number of anilines is 1. The van der Waals surface area contributed by atoms with Crippen molar-refractivity contribution in [1.82, 2.24) is 0 Å². The third kappa shape index (κ3) is 3.74. The quantitative estimate of drug-likeness (QED) is 0.845. The summed E-state index contributed by atoms with van der Waals surface area (Å²) in [7, 11) is 1.97. The molecule has 0 atom stereocenters. The molecule has 0 aliphatic carbocycles. The van der Waals surface area contributed by atoms with Gasteiger partial charge in [0.2, 0.25) is 0 Å². The average molecular weight is 291 g/mol. The molecule has 1 aliphatic rings. The molecule has 21 heavy (non-hydrogen) atoms. The number of carboxylic acids is 1.